The largest absolute Gasteiger partial charge is 0.487 e. The van der Waals surface area contributed by atoms with Crippen LogP contribution in [0.2, 0.25) is 5.02 Å². The second-order valence-electron chi connectivity index (χ2n) is 7.22. The van der Waals surface area contributed by atoms with Gasteiger partial charge in [0, 0.05) is 17.6 Å². The van der Waals surface area contributed by atoms with E-state index in [1.165, 1.54) is 0 Å². The smallest absolute Gasteiger partial charge is 0.224 e. The predicted molar refractivity (Wildman–Crippen MR) is 123 cm³/mol. The van der Waals surface area contributed by atoms with Crippen molar-refractivity contribution in [3.05, 3.63) is 123 Å². The summed E-state index contributed by atoms with van der Waals surface area (Å²) in [7, 11) is 0. The summed E-state index contributed by atoms with van der Waals surface area (Å²) in [6, 6.07) is 26.5. The van der Waals surface area contributed by atoms with Crippen molar-refractivity contribution >= 4 is 11.6 Å². The third-order valence-electron chi connectivity index (χ3n) is 4.87. The van der Waals surface area contributed by atoms with E-state index in [1.807, 2.05) is 78.2 Å². The Labute approximate surface area is 186 Å². The Morgan fingerprint density at radius 3 is 2.29 bits per heavy atom. The molecule has 0 bridgehead atoms. The van der Waals surface area contributed by atoms with Gasteiger partial charge in [-0.05, 0) is 48.4 Å². The molecule has 0 aliphatic rings. The average Bonchev–Trinajstić information content (AvgIpc) is 2.78. The van der Waals surface area contributed by atoms with Crippen molar-refractivity contribution in [3.63, 3.8) is 0 Å². The fraction of sp³-hybridized carbons (Fsp3) is 0.115. The van der Waals surface area contributed by atoms with Crippen LogP contribution in [0, 0.1) is 6.92 Å². The summed E-state index contributed by atoms with van der Waals surface area (Å²) in [5.41, 5.74) is 2.53. The average molecular weight is 432 g/mol. The van der Waals surface area contributed by atoms with Gasteiger partial charge in [0.2, 0.25) is 5.43 Å². The first-order chi connectivity index (χ1) is 15.1. The summed E-state index contributed by atoms with van der Waals surface area (Å²) < 4.78 is 13.8. The Kier molecular flexibility index (Phi) is 6.39. The standard InChI is InChI=1S/C26H22ClNO3/c1-19-14-21(27)12-13-25(19)31-26-17-28(16-20-8-4-2-5-9-20)22(15-24(26)29)18-30-23-10-6-3-7-11-23/h2-15,17H,16,18H2,1H3. The van der Waals surface area contributed by atoms with Gasteiger partial charge in [-0.3, -0.25) is 4.79 Å². The highest BCUT2D eigenvalue weighted by atomic mass is 35.5. The normalized spacial score (nSPS) is 10.6. The number of rotatable bonds is 7. The van der Waals surface area contributed by atoms with Gasteiger partial charge in [-0.25, -0.2) is 0 Å². The molecule has 0 amide bonds. The lowest BCUT2D eigenvalue weighted by molar-refractivity contribution is 0.294. The molecule has 3 aromatic carbocycles. The summed E-state index contributed by atoms with van der Waals surface area (Å²) >= 11 is 6.04. The number of halogens is 1. The molecule has 0 N–H and O–H groups in total. The van der Waals surface area contributed by atoms with E-state index in [4.69, 9.17) is 21.1 Å². The number of aromatic nitrogens is 1. The summed E-state index contributed by atoms with van der Waals surface area (Å²) in [5, 5.41) is 0.625. The zero-order valence-electron chi connectivity index (χ0n) is 17.1. The van der Waals surface area contributed by atoms with Crippen molar-refractivity contribution in [1.82, 2.24) is 4.57 Å². The molecule has 4 nitrogen and oxygen atoms in total. The molecule has 31 heavy (non-hydrogen) atoms. The van der Waals surface area contributed by atoms with Gasteiger partial charge in [-0.1, -0.05) is 60.1 Å². The number of hydrogen-bond acceptors (Lipinski definition) is 3. The van der Waals surface area contributed by atoms with Gasteiger partial charge in [0.15, 0.2) is 5.75 Å². The van der Waals surface area contributed by atoms with Crippen LogP contribution in [0.15, 0.2) is 95.9 Å². The lowest BCUT2D eigenvalue weighted by Crippen LogP contribution is -2.16. The van der Waals surface area contributed by atoms with Gasteiger partial charge < -0.3 is 14.0 Å². The van der Waals surface area contributed by atoms with Crippen LogP contribution in [0.5, 0.6) is 17.2 Å². The van der Waals surface area contributed by atoms with Gasteiger partial charge >= 0.3 is 0 Å². The van der Waals surface area contributed by atoms with Crippen molar-refractivity contribution in [1.29, 1.82) is 0 Å². The van der Waals surface area contributed by atoms with Crippen LogP contribution in [-0.4, -0.2) is 4.57 Å². The van der Waals surface area contributed by atoms with E-state index in [0.29, 0.717) is 17.3 Å². The first-order valence-corrected chi connectivity index (χ1v) is 10.4. The maximum absolute atomic E-state index is 12.8. The maximum Gasteiger partial charge on any atom is 0.224 e. The fourth-order valence-corrected chi connectivity index (χ4v) is 3.47. The van der Waals surface area contributed by atoms with Crippen molar-refractivity contribution in [2.45, 2.75) is 20.1 Å². The van der Waals surface area contributed by atoms with E-state index >= 15 is 0 Å². The van der Waals surface area contributed by atoms with Crippen LogP contribution in [0.25, 0.3) is 0 Å². The molecule has 0 saturated heterocycles. The Morgan fingerprint density at radius 2 is 1.58 bits per heavy atom. The molecule has 0 radical (unpaired) electrons. The lowest BCUT2D eigenvalue weighted by Gasteiger charge is -2.17. The number of aryl methyl sites for hydroxylation is 1. The van der Waals surface area contributed by atoms with Crippen LogP contribution in [0.3, 0.4) is 0 Å². The zero-order chi connectivity index (χ0) is 21.6. The third kappa shape index (κ3) is 5.36. The summed E-state index contributed by atoms with van der Waals surface area (Å²) in [4.78, 5) is 12.8. The van der Waals surface area contributed by atoms with Crippen molar-refractivity contribution in [3.8, 4) is 17.2 Å². The molecule has 5 heteroatoms. The van der Waals surface area contributed by atoms with Gasteiger partial charge in [-0.2, -0.15) is 0 Å². The molecule has 0 fully saturated rings. The highest BCUT2D eigenvalue weighted by Gasteiger charge is 2.12. The lowest BCUT2D eigenvalue weighted by atomic mass is 10.2. The molecule has 0 atom stereocenters. The van der Waals surface area contributed by atoms with E-state index in [9.17, 15) is 4.79 Å². The zero-order valence-corrected chi connectivity index (χ0v) is 17.9. The number of para-hydroxylation sites is 1. The first-order valence-electron chi connectivity index (χ1n) is 9.97. The van der Waals surface area contributed by atoms with Gasteiger partial charge in [0.05, 0.1) is 11.9 Å². The summed E-state index contributed by atoms with van der Waals surface area (Å²) in [6.45, 7) is 2.75. The Balaban J connectivity index is 1.66. The Bertz CT molecular complexity index is 1220. The minimum Gasteiger partial charge on any atom is -0.487 e. The topological polar surface area (TPSA) is 40.5 Å². The molecule has 0 aliphatic heterocycles. The van der Waals surface area contributed by atoms with Gasteiger partial charge in [0.1, 0.15) is 18.1 Å². The molecule has 0 spiro atoms. The molecule has 1 heterocycles. The second kappa shape index (κ2) is 9.54. The summed E-state index contributed by atoms with van der Waals surface area (Å²) in [5.74, 6) is 1.60. The Morgan fingerprint density at radius 1 is 0.871 bits per heavy atom. The quantitative estimate of drug-likeness (QED) is 0.348. The van der Waals surface area contributed by atoms with Crippen molar-refractivity contribution in [2.24, 2.45) is 0 Å². The van der Waals surface area contributed by atoms with E-state index in [2.05, 4.69) is 0 Å². The highest BCUT2D eigenvalue weighted by molar-refractivity contribution is 6.30. The number of nitrogens with zero attached hydrogens (tertiary/aromatic N) is 1. The molecule has 156 valence electrons. The number of benzene rings is 3. The molecule has 0 saturated carbocycles. The number of ether oxygens (including phenoxy) is 2. The minimum absolute atomic E-state index is 0.203. The van der Waals surface area contributed by atoms with Crippen molar-refractivity contribution in [2.75, 3.05) is 0 Å². The van der Waals surface area contributed by atoms with E-state index in [1.54, 1.807) is 24.4 Å². The third-order valence-corrected chi connectivity index (χ3v) is 5.10. The molecule has 4 rings (SSSR count). The molecule has 4 aromatic rings. The Hall–Kier alpha value is -3.50. The SMILES string of the molecule is Cc1cc(Cl)ccc1Oc1cn(Cc2ccccc2)c(COc2ccccc2)cc1=O. The van der Waals surface area contributed by atoms with E-state index in [0.717, 1.165) is 22.6 Å². The molecular formula is C26H22ClNO3. The van der Waals surface area contributed by atoms with Crippen LogP contribution in [-0.2, 0) is 13.2 Å². The molecular weight excluding hydrogens is 410 g/mol. The van der Waals surface area contributed by atoms with Crippen LogP contribution in [0.4, 0.5) is 0 Å². The van der Waals surface area contributed by atoms with Gasteiger partial charge in [-0.15, -0.1) is 0 Å². The first kappa shape index (κ1) is 20.8. The number of hydrogen-bond donors (Lipinski definition) is 0. The van der Waals surface area contributed by atoms with E-state index in [-0.39, 0.29) is 17.8 Å². The van der Waals surface area contributed by atoms with Gasteiger partial charge in [0.25, 0.3) is 0 Å². The second-order valence-corrected chi connectivity index (χ2v) is 7.66. The highest BCUT2D eigenvalue weighted by Crippen LogP contribution is 2.26. The fourth-order valence-electron chi connectivity index (χ4n) is 3.24. The monoisotopic (exact) mass is 431 g/mol. The van der Waals surface area contributed by atoms with Crippen LogP contribution < -0.4 is 14.9 Å². The van der Waals surface area contributed by atoms with E-state index < -0.39 is 0 Å². The summed E-state index contributed by atoms with van der Waals surface area (Å²) in [6.07, 6.45) is 1.74. The predicted octanol–water partition coefficient (Wildman–Crippen LogP) is 6.23. The van der Waals surface area contributed by atoms with Crippen LogP contribution >= 0.6 is 11.6 Å². The number of pyridine rings is 1. The molecule has 0 unspecified atom stereocenters. The maximum atomic E-state index is 12.8. The molecule has 0 aliphatic carbocycles. The van der Waals surface area contributed by atoms with Crippen LogP contribution in [0.1, 0.15) is 16.8 Å². The van der Waals surface area contributed by atoms with Crippen molar-refractivity contribution < 1.29 is 9.47 Å². The molecule has 1 aromatic heterocycles. The minimum atomic E-state index is -0.203.